The van der Waals surface area contributed by atoms with Crippen molar-refractivity contribution in [1.82, 2.24) is 4.98 Å². The van der Waals surface area contributed by atoms with Crippen molar-refractivity contribution >= 4 is 5.65 Å². The molecule has 2 heterocycles. The van der Waals surface area contributed by atoms with Gasteiger partial charge in [-0.25, -0.2) is 0 Å². The van der Waals surface area contributed by atoms with Gasteiger partial charge in [0.05, 0.1) is 6.20 Å². The molecule has 0 saturated carbocycles. The van der Waals surface area contributed by atoms with Gasteiger partial charge in [-0.2, -0.15) is 4.40 Å². The predicted molar refractivity (Wildman–Crippen MR) is 93.0 cm³/mol. The van der Waals surface area contributed by atoms with Gasteiger partial charge in [0.25, 0.3) is 0 Å². The lowest BCUT2D eigenvalue weighted by molar-refractivity contribution is -0.502. The zero-order chi connectivity index (χ0) is 15.6. The summed E-state index contributed by atoms with van der Waals surface area (Å²) in [6, 6.07) is 27.2. The monoisotopic (exact) mass is 297 g/mol. The molecule has 0 aliphatic heterocycles. The summed E-state index contributed by atoms with van der Waals surface area (Å²) in [6.45, 7) is 2.10. The summed E-state index contributed by atoms with van der Waals surface area (Å²) in [5.41, 5.74) is 6.64. The number of hydrogen-bond acceptors (Lipinski definition) is 1. The average molecular weight is 297 g/mol. The number of aryl methyl sites for hydroxylation is 1. The molecule has 23 heavy (non-hydrogen) atoms. The van der Waals surface area contributed by atoms with Gasteiger partial charge in [-0.15, -0.1) is 0 Å². The zero-order valence-corrected chi connectivity index (χ0v) is 13.0. The van der Waals surface area contributed by atoms with Crippen LogP contribution in [0, 0.1) is 6.92 Å². The summed E-state index contributed by atoms with van der Waals surface area (Å²) in [4.78, 5) is 4.86. The van der Waals surface area contributed by atoms with Crippen LogP contribution in [-0.2, 0) is 0 Å². The number of fused-ring (bicyclic) bond motifs is 1. The lowest BCUT2D eigenvalue weighted by atomic mass is 10.1. The van der Waals surface area contributed by atoms with E-state index in [1.807, 2.05) is 24.3 Å². The number of hydrogen-bond donors (Lipinski definition) is 0. The SMILES string of the molecule is Cc1cc[n+]2c(-c3ccccc3)cc(-c3ccccc3)nc2c1. The lowest BCUT2D eigenvalue weighted by Gasteiger charge is -2.05. The molecule has 0 atom stereocenters. The highest BCUT2D eigenvalue weighted by Crippen LogP contribution is 2.23. The Balaban J connectivity index is 2.03. The van der Waals surface area contributed by atoms with Gasteiger partial charge in [0.1, 0.15) is 5.69 Å². The largest absolute Gasteiger partial charge is 0.329 e. The summed E-state index contributed by atoms with van der Waals surface area (Å²) in [5, 5.41) is 0. The molecule has 2 aromatic heterocycles. The van der Waals surface area contributed by atoms with Crippen molar-refractivity contribution < 1.29 is 4.40 Å². The quantitative estimate of drug-likeness (QED) is 0.499. The van der Waals surface area contributed by atoms with Gasteiger partial charge >= 0.3 is 5.65 Å². The van der Waals surface area contributed by atoms with Crippen LogP contribution >= 0.6 is 0 Å². The van der Waals surface area contributed by atoms with Crippen molar-refractivity contribution in [2.75, 3.05) is 0 Å². The minimum absolute atomic E-state index is 0.963. The Labute approximate surface area is 135 Å². The fraction of sp³-hybridized carbons (Fsp3) is 0.0476. The Morgan fingerprint density at radius 2 is 1.39 bits per heavy atom. The van der Waals surface area contributed by atoms with E-state index >= 15 is 0 Å². The molecule has 4 rings (SSSR count). The summed E-state index contributed by atoms with van der Waals surface area (Å²) in [6.07, 6.45) is 2.09. The van der Waals surface area contributed by atoms with Gasteiger partial charge in [-0.3, -0.25) is 0 Å². The maximum atomic E-state index is 4.86. The standard InChI is InChI=1S/C21H17N2/c1-16-12-13-23-20(18-10-6-3-7-11-18)15-19(22-21(23)14-16)17-8-4-2-5-9-17/h2-15H,1H3/q+1. The van der Waals surface area contributed by atoms with E-state index in [1.165, 1.54) is 11.1 Å². The Kier molecular flexibility index (Phi) is 3.35. The molecule has 2 nitrogen and oxygen atoms in total. The number of aromatic nitrogens is 2. The molecule has 0 bridgehead atoms. The molecule has 0 radical (unpaired) electrons. The minimum Gasteiger partial charge on any atom is -0.196 e. The molecule has 0 unspecified atom stereocenters. The van der Waals surface area contributed by atoms with Crippen molar-refractivity contribution in [3.8, 4) is 22.5 Å². The molecule has 2 aromatic carbocycles. The van der Waals surface area contributed by atoms with Gasteiger partial charge in [0, 0.05) is 23.3 Å². The first-order valence-corrected chi connectivity index (χ1v) is 7.75. The summed E-state index contributed by atoms with van der Waals surface area (Å²) in [7, 11) is 0. The van der Waals surface area contributed by atoms with Gasteiger partial charge in [-0.05, 0) is 23.5 Å². The van der Waals surface area contributed by atoms with E-state index < -0.39 is 0 Å². The van der Waals surface area contributed by atoms with E-state index in [2.05, 4.69) is 72.1 Å². The van der Waals surface area contributed by atoms with Crippen LogP contribution in [0.2, 0.25) is 0 Å². The van der Waals surface area contributed by atoms with Gasteiger partial charge in [0.2, 0.25) is 0 Å². The summed E-state index contributed by atoms with van der Waals surface area (Å²) in [5.74, 6) is 0. The number of pyridine rings is 1. The lowest BCUT2D eigenvalue weighted by Crippen LogP contribution is -2.26. The van der Waals surface area contributed by atoms with Crippen LogP contribution in [0.25, 0.3) is 28.2 Å². The van der Waals surface area contributed by atoms with Gasteiger partial charge in [0.15, 0.2) is 5.69 Å². The molecule has 0 aliphatic rings. The van der Waals surface area contributed by atoms with Crippen LogP contribution in [0.15, 0.2) is 85.1 Å². The summed E-state index contributed by atoms with van der Waals surface area (Å²) >= 11 is 0. The fourth-order valence-corrected chi connectivity index (χ4v) is 2.82. The van der Waals surface area contributed by atoms with E-state index in [-0.39, 0.29) is 0 Å². The maximum Gasteiger partial charge on any atom is 0.329 e. The Hall–Kier alpha value is -3.00. The van der Waals surface area contributed by atoms with Crippen LogP contribution in [0.5, 0.6) is 0 Å². The molecule has 0 amide bonds. The minimum atomic E-state index is 0.963. The second kappa shape index (κ2) is 5.65. The second-order valence-electron chi connectivity index (χ2n) is 5.69. The highest BCUT2D eigenvalue weighted by Gasteiger charge is 2.16. The maximum absolute atomic E-state index is 4.86. The van der Waals surface area contributed by atoms with Crippen LogP contribution in [0.3, 0.4) is 0 Å². The third kappa shape index (κ3) is 2.59. The second-order valence-corrected chi connectivity index (χ2v) is 5.69. The summed E-state index contributed by atoms with van der Waals surface area (Å²) < 4.78 is 2.15. The Morgan fingerprint density at radius 3 is 2.09 bits per heavy atom. The third-order valence-electron chi connectivity index (χ3n) is 4.00. The van der Waals surface area contributed by atoms with Crippen molar-refractivity contribution in [2.45, 2.75) is 6.92 Å². The van der Waals surface area contributed by atoms with E-state index in [0.29, 0.717) is 0 Å². The molecule has 0 fully saturated rings. The highest BCUT2D eigenvalue weighted by molar-refractivity contribution is 5.67. The number of nitrogens with zero attached hydrogens (tertiary/aromatic N) is 2. The van der Waals surface area contributed by atoms with Crippen molar-refractivity contribution in [3.05, 3.63) is 90.6 Å². The fourth-order valence-electron chi connectivity index (χ4n) is 2.82. The number of benzene rings is 2. The molecule has 0 aliphatic carbocycles. The predicted octanol–water partition coefficient (Wildman–Crippen LogP) is 4.46. The van der Waals surface area contributed by atoms with E-state index in [9.17, 15) is 0 Å². The van der Waals surface area contributed by atoms with Crippen LogP contribution in [-0.4, -0.2) is 4.98 Å². The molecular weight excluding hydrogens is 280 g/mol. The molecule has 0 N–H and O–H groups in total. The molecule has 4 aromatic rings. The first-order valence-electron chi connectivity index (χ1n) is 7.75. The zero-order valence-electron chi connectivity index (χ0n) is 13.0. The van der Waals surface area contributed by atoms with Crippen LogP contribution < -0.4 is 4.40 Å². The molecule has 2 heteroatoms. The van der Waals surface area contributed by atoms with Crippen molar-refractivity contribution in [3.63, 3.8) is 0 Å². The highest BCUT2D eigenvalue weighted by atomic mass is 15.0. The average Bonchev–Trinajstić information content (AvgIpc) is 2.62. The molecule has 110 valence electrons. The van der Waals surface area contributed by atoms with Crippen LogP contribution in [0.4, 0.5) is 0 Å². The molecule has 0 spiro atoms. The van der Waals surface area contributed by atoms with E-state index in [4.69, 9.17) is 4.98 Å². The normalized spacial score (nSPS) is 10.8. The van der Waals surface area contributed by atoms with Gasteiger partial charge < -0.3 is 0 Å². The number of rotatable bonds is 2. The Morgan fingerprint density at radius 1 is 0.739 bits per heavy atom. The first-order chi connectivity index (χ1) is 11.3. The van der Waals surface area contributed by atoms with Crippen LogP contribution in [0.1, 0.15) is 5.56 Å². The Bertz CT molecular complexity index is 961. The van der Waals surface area contributed by atoms with Crippen molar-refractivity contribution in [2.24, 2.45) is 0 Å². The smallest absolute Gasteiger partial charge is 0.196 e. The molecule has 0 saturated heterocycles. The van der Waals surface area contributed by atoms with Gasteiger partial charge in [-0.1, -0.05) is 60.7 Å². The van der Waals surface area contributed by atoms with Crippen molar-refractivity contribution in [1.29, 1.82) is 0 Å². The van der Waals surface area contributed by atoms with E-state index in [1.54, 1.807) is 0 Å². The van der Waals surface area contributed by atoms with E-state index in [0.717, 1.165) is 22.6 Å². The first kappa shape index (κ1) is 13.6. The molecular formula is C21H17N2+. The third-order valence-corrected chi connectivity index (χ3v) is 4.00. The topological polar surface area (TPSA) is 17.0 Å².